The molecule has 14 heterocycles. The van der Waals surface area contributed by atoms with E-state index in [9.17, 15) is 49.8 Å². The number of nitrogens with one attached hydrogen (secondary N) is 2. The summed E-state index contributed by atoms with van der Waals surface area (Å²) >= 11 is 2.92. The van der Waals surface area contributed by atoms with Gasteiger partial charge in [0, 0.05) is 119 Å². The molecule has 20 rings (SSSR count). The number of nitrogens with zero attached hydrogens (tertiary/aromatic N) is 6. The predicted molar refractivity (Wildman–Crippen MR) is 544 cm³/mol. The van der Waals surface area contributed by atoms with Gasteiger partial charge in [-0.3, -0.25) is 39.8 Å². The summed E-state index contributed by atoms with van der Waals surface area (Å²) in [6.45, 7) is 31.4. The van der Waals surface area contributed by atoms with E-state index in [-0.39, 0.29) is 125 Å². The number of phenolic OH excluding ortho intramolecular Hbond substituents is 3. The maximum Gasteiger partial charge on any atom is 0.514 e. The minimum Gasteiger partial charge on any atom is -0.507 e. The molecule has 6 N–H and O–H groups in total. The number of thioether (sulfide) groups is 2. The lowest BCUT2D eigenvalue weighted by Crippen LogP contribution is -2.70. The molecule has 0 saturated carbocycles. The number of methoxy groups -OCH3 is 4. The highest BCUT2D eigenvalue weighted by Crippen LogP contribution is 2.68. The molecule has 8 bridgehead atoms. The van der Waals surface area contributed by atoms with Gasteiger partial charge in [0.1, 0.15) is 48.0 Å². The van der Waals surface area contributed by atoms with Crippen molar-refractivity contribution in [2.24, 2.45) is 0 Å². The largest absolute Gasteiger partial charge is 0.514 e. The van der Waals surface area contributed by atoms with E-state index in [1.165, 1.54) is 71.2 Å². The first-order valence-corrected chi connectivity index (χ1v) is 50.9. The average Bonchev–Trinajstić information content (AvgIpc) is 0.933. The second kappa shape index (κ2) is 44.8. The number of carboxylic acid groups (broad SMARTS) is 1. The molecule has 0 aliphatic carbocycles. The van der Waals surface area contributed by atoms with Crippen molar-refractivity contribution in [1.82, 2.24) is 30.2 Å². The minimum absolute atomic E-state index is 0. The number of nitriles is 2. The molecule has 4 saturated heterocycles. The van der Waals surface area contributed by atoms with Gasteiger partial charge < -0.3 is 91.5 Å². The maximum atomic E-state index is 15.3. The first-order chi connectivity index (χ1) is 67.5. The number of esters is 3. The molecular weight excluding hydrogens is 1890 g/mol. The van der Waals surface area contributed by atoms with Gasteiger partial charge in [0.15, 0.2) is 80.1 Å². The summed E-state index contributed by atoms with van der Waals surface area (Å²) in [5.74, 6) is 1.63. The van der Waals surface area contributed by atoms with E-state index >= 15 is 4.79 Å². The van der Waals surface area contributed by atoms with Crippen LogP contribution in [-0.4, -0.2) is 217 Å². The van der Waals surface area contributed by atoms with Crippen molar-refractivity contribution in [3.8, 4) is 92.6 Å². The fraction of sp³-hybridized carbons (Fsp3) is 0.560. The Kier molecular flexibility index (Phi) is 34.1. The van der Waals surface area contributed by atoms with E-state index in [0.29, 0.717) is 161 Å². The van der Waals surface area contributed by atoms with Crippen LogP contribution in [0, 0.1) is 50.4 Å². The summed E-state index contributed by atoms with van der Waals surface area (Å²) < 4.78 is 90.0. The molecule has 14 aliphatic heterocycles. The van der Waals surface area contributed by atoms with E-state index in [1.807, 2.05) is 45.1 Å². The molecule has 2 spiro atoms. The smallest absolute Gasteiger partial charge is 0.507 e. The molecule has 35 heteroatoms. The number of hydrogen-bond donors (Lipinski definition) is 6. The SMILES string of the molecule is C.C.C.C=CCN1[C@@H]2c3c(cc(C)c(OC)c3O)C[C@H]1[C@H](C#N)N1C2[C@@H]2SC[C@]3(NCCc4cc(OC(=O)OC(C)(C)C)c(OC)cc43)C(=O)OC[C@H]1c1c3c(c(C)c(O)c12)OCO3.C=CCN1[C@@H]2c3c(cc(C)c(OC)c3O)C[C@H]1[C@H](C#N)N1C2[C@@H]2SC[C@]3(NCCc4cc(OC(=O)OC(C)(C)C)c(OC)cc43)C(=O)OC[C@H]1c1c3c(c(C)c(OC(=O)CCCCCCC)c12)OCO3.CCCCCCCC(=O)O. The Labute approximate surface area is 853 Å². The number of hydrogen-bond acceptors (Lipinski definition) is 34. The van der Waals surface area contributed by atoms with Crippen LogP contribution < -0.4 is 62.7 Å². The molecule has 14 atom stereocenters. The molecule has 4 fully saturated rings. The van der Waals surface area contributed by atoms with E-state index in [1.54, 1.807) is 72.7 Å². The number of aliphatic carboxylic acids is 1. The number of carboxylic acids is 1. The monoisotopic (exact) mass is 2030 g/mol. The molecule has 780 valence electrons. The van der Waals surface area contributed by atoms with Gasteiger partial charge in [-0.1, -0.05) is 112 Å². The van der Waals surface area contributed by atoms with E-state index < -0.39 is 111 Å². The number of piperazine rings is 2. The topological polar surface area (TPSA) is 406 Å². The third kappa shape index (κ3) is 20.0. The highest BCUT2D eigenvalue weighted by atomic mass is 32.2. The third-order valence-corrected chi connectivity index (χ3v) is 32.0. The zero-order valence-corrected chi connectivity index (χ0v) is 84.8. The fourth-order valence-electron chi connectivity index (χ4n) is 23.2. The number of benzene rings is 6. The van der Waals surface area contributed by atoms with Crippen LogP contribution in [0.1, 0.15) is 278 Å². The lowest BCUT2D eigenvalue weighted by molar-refractivity contribution is -0.158. The van der Waals surface area contributed by atoms with Gasteiger partial charge in [0.2, 0.25) is 13.6 Å². The lowest BCUT2D eigenvalue weighted by Gasteiger charge is -2.62. The molecule has 6 aromatic rings. The van der Waals surface area contributed by atoms with Gasteiger partial charge in [-0.25, -0.2) is 19.2 Å². The summed E-state index contributed by atoms with van der Waals surface area (Å²) in [6.07, 6.45) is 14.6. The second-order valence-electron chi connectivity index (χ2n) is 39.9. The van der Waals surface area contributed by atoms with Crippen LogP contribution in [0.4, 0.5) is 9.59 Å². The predicted octanol–water partition coefficient (Wildman–Crippen LogP) is 18.8. The Balaban J connectivity index is 0.000000218. The quantitative estimate of drug-likeness (QED) is 0.00866. The molecule has 144 heavy (non-hydrogen) atoms. The van der Waals surface area contributed by atoms with Crippen molar-refractivity contribution >= 4 is 59.7 Å². The van der Waals surface area contributed by atoms with Crippen LogP contribution in [-0.2, 0) is 74.9 Å². The van der Waals surface area contributed by atoms with Crippen molar-refractivity contribution in [3.63, 3.8) is 0 Å². The summed E-state index contributed by atoms with van der Waals surface area (Å²) in [7, 11) is 5.99. The molecule has 14 aliphatic rings. The van der Waals surface area contributed by atoms with E-state index in [4.69, 9.17) is 76.2 Å². The summed E-state index contributed by atoms with van der Waals surface area (Å²) in [4.78, 5) is 89.1. The lowest BCUT2D eigenvalue weighted by atomic mass is 9.71. The highest BCUT2D eigenvalue weighted by molar-refractivity contribution is 7.99. The molecular formula is C109H142N8O25S2. The van der Waals surface area contributed by atoms with Crippen LogP contribution >= 0.6 is 23.5 Å². The van der Waals surface area contributed by atoms with Crippen LogP contribution in [0.3, 0.4) is 0 Å². The zero-order valence-electron chi connectivity index (χ0n) is 83.2. The number of aryl methyl sites for hydroxylation is 2. The van der Waals surface area contributed by atoms with Crippen molar-refractivity contribution < 1.29 is 120 Å². The number of aromatic hydroxyl groups is 3. The van der Waals surface area contributed by atoms with Crippen LogP contribution in [0.15, 0.2) is 61.7 Å². The van der Waals surface area contributed by atoms with Gasteiger partial charge in [0.25, 0.3) is 0 Å². The Hall–Kier alpha value is -11.5. The van der Waals surface area contributed by atoms with Crippen molar-refractivity contribution in [2.45, 2.75) is 301 Å². The molecule has 0 radical (unpaired) electrons. The number of rotatable bonds is 23. The Morgan fingerprint density at radius 1 is 0.507 bits per heavy atom. The summed E-state index contributed by atoms with van der Waals surface area (Å²) in [5.41, 5.74) is 6.51. The number of carbonyl (C=O) groups excluding carboxylic acids is 5. The number of phenols is 3. The van der Waals surface area contributed by atoms with Crippen LogP contribution in [0.25, 0.3) is 0 Å². The first-order valence-electron chi connectivity index (χ1n) is 48.8. The van der Waals surface area contributed by atoms with Crippen molar-refractivity contribution in [1.29, 1.82) is 10.5 Å². The minimum atomic E-state index is -1.47. The Morgan fingerprint density at radius 2 is 0.917 bits per heavy atom. The molecule has 6 aromatic carbocycles. The van der Waals surface area contributed by atoms with Gasteiger partial charge >= 0.3 is 36.2 Å². The third-order valence-electron chi connectivity index (χ3n) is 29.1. The molecule has 0 aromatic heterocycles. The average molecular weight is 2030 g/mol. The second-order valence-corrected chi connectivity index (χ2v) is 42.2. The van der Waals surface area contributed by atoms with Crippen LogP contribution in [0.2, 0.25) is 0 Å². The number of ether oxygens (including phenoxy) is 15. The number of unbranched alkanes of at least 4 members (excludes halogenated alkanes) is 8. The normalized spacial score (nSPS) is 24.6. The fourth-order valence-corrected chi connectivity index (χ4v) is 26.6. The highest BCUT2D eigenvalue weighted by Gasteiger charge is 2.66. The standard InChI is InChI=1S/C53H64N4O12S.C45H50N4O11S.C8H16O2.3CH4/c1-10-12-13-14-15-16-38(58)68-46-29(4)47-48(66-27-65-47)40-35-25-64-50(60)53(32-23-36(62-8)37(22-30(32)17-18-55-53)67-51(61)69-52(5,6)7)26-70-49(41(40)46)43-42-39-31(20-28(3)45(63-9)44(39)59)21-33(56(42)19-11-2)34(24-54)57(35)43;1-9-12-48-26-14-24-13-21(2)38(55-8)37(51)31(24)34(48)35-41-33-32(40-39(57-20-58-40)22(3)36(33)50)28(49(35)27(26)17-46)18-56-42(52)45(19-61-41)25-16-29(54-7)30(15-23(25)10-11-47-45)59-43(53)60-44(4,5)6;1-2-3-4-5-6-7-8(9)10;;;/h11,20,22-23,33-35,42-43,49,55,59H,2,10,12-19,21,25-27H2,1,3-9H3;9,13,15-16,26-28,34-35,41,47,50-51H,1,10-12,14,18-20H2,2-8H3;2-7H2,1H3,(H,9,10);3*1H4/t33-,34-,35-,42+,43?,49+,53+;26-,27-,28-,34+,35?,41+,45+;;;;/m00..../s1. The van der Waals surface area contributed by atoms with Gasteiger partial charge in [0.05, 0.1) is 75.2 Å². The summed E-state index contributed by atoms with van der Waals surface area (Å²) in [5, 5.41) is 73.9. The van der Waals surface area contributed by atoms with Gasteiger partial charge in [-0.05, 0) is 177 Å². The van der Waals surface area contributed by atoms with Crippen molar-refractivity contribution in [2.75, 3.05) is 92.9 Å². The molecule has 0 amide bonds. The Bertz CT molecular complexity index is 5980. The number of fused-ring (bicyclic) bond motifs is 18. The molecule has 2 unspecified atom stereocenters. The summed E-state index contributed by atoms with van der Waals surface area (Å²) in [6, 6.07) is 10.2. The first kappa shape index (κ1) is 110. The molecule has 33 nitrogen and oxygen atoms in total. The van der Waals surface area contributed by atoms with Crippen LogP contribution in [0.5, 0.6) is 80.5 Å². The number of carbonyl (C=O) groups is 6. The van der Waals surface area contributed by atoms with Gasteiger partial charge in [-0.2, -0.15) is 10.5 Å². The van der Waals surface area contributed by atoms with E-state index in [0.717, 1.165) is 71.9 Å². The van der Waals surface area contributed by atoms with Crippen molar-refractivity contribution in [3.05, 3.63) is 151 Å². The van der Waals surface area contributed by atoms with E-state index in [2.05, 4.69) is 69.4 Å². The Morgan fingerprint density at radius 3 is 1.32 bits per heavy atom. The van der Waals surface area contributed by atoms with Gasteiger partial charge in [-0.15, -0.1) is 36.7 Å². The zero-order chi connectivity index (χ0) is 101. The maximum absolute atomic E-state index is 15.3.